The summed E-state index contributed by atoms with van der Waals surface area (Å²) in [6, 6.07) is 14.8. The van der Waals surface area contributed by atoms with Crippen LogP contribution >= 0.6 is 11.6 Å². The Morgan fingerprint density at radius 1 is 1.21 bits per heavy atom. The molecule has 1 N–H and O–H groups in total. The predicted octanol–water partition coefficient (Wildman–Crippen LogP) is 4.35. The number of halogens is 1. The molecule has 2 aromatic carbocycles. The summed E-state index contributed by atoms with van der Waals surface area (Å²) in [5.41, 5.74) is 2.12. The van der Waals surface area contributed by atoms with Crippen LogP contribution in [0.3, 0.4) is 0 Å². The molecular weight excluding hydrogens is 260 g/mol. The van der Waals surface area contributed by atoms with Crippen molar-refractivity contribution in [2.75, 3.05) is 11.9 Å². The van der Waals surface area contributed by atoms with Crippen molar-refractivity contribution in [2.45, 2.75) is 6.92 Å². The van der Waals surface area contributed by atoms with Crippen molar-refractivity contribution in [2.24, 2.45) is 0 Å². The molecule has 0 saturated carbocycles. The minimum atomic E-state index is 0.505. The average molecular weight is 273 g/mol. The van der Waals surface area contributed by atoms with Crippen LogP contribution in [-0.4, -0.2) is 6.61 Å². The summed E-state index contributed by atoms with van der Waals surface area (Å²) < 4.78 is 5.54. The van der Waals surface area contributed by atoms with Gasteiger partial charge in [0.2, 0.25) is 0 Å². The topological polar surface area (TPSA) is 45.0 Å². The lowest BCUT2D eigenvalue weighted by molar-refractivity contribution is 0.342. The summed E-state index contributed by atoms with van der Waals surface area (Å²) in [6.45, 7) is 2.53. The Bertz CT molecular complexity index is 620. The van der Waals surface area contributed by atoms with Crippen molar-refractivity contribution in [1.82, 2.24) is 0 Å². The van der Waals surface area contributed by atoms with Crippen LogP contribution in [0.25, 0.3) is 0 Å². The third-order valence-electron chi connectivity index (χ3n) is 2.55. The monoisotopic (exact) mass is 272 g/mol. The van der Waals surface area contributed by atoms with E-state index in [1.807, 2.05) is 31.2 Å². The summed E-state index contributed by atoms with van der Waals surface area (Å²) in [5.74, 6) is 0.769. The van der Waals surface area contributed by atoms with Crippen LogP contribution in [0.5, 0.6) is 5.75 Å². The van der Waals surface area contributed by atoms with Gasteiger partial charge in [-0.1, -0.05) is 23.7 Å². The molecule has 96 valence electrons. The summed E-state index contributed by atoms with van der Waals surface area (Å²) in [5, 5.41) is 12.5. The summed E-state index contributed by atoms with van der Waals surface area (Å²) in [6.07, 6.45) is 0. The highest BCUT2D eigenvalue weighted by atomic mass is 35.5. The number of nitriles is 1. The lowest BCUT2D eigenvalue weighted by atomic mass is 10.2. The molecule has 0 saturated heterocycles. The lowest BCUT2D eigenvalue weighted by Crippen LogP contribution is -1.98. The van der Waals surface area contributed by atoms with Gasteiger partial charge in [0.1, 0.15) is 5.75 Å². The van der Waals surface area contributed by atoms with E-state index in [2.05, 4.69) is 11.4 Å². The fourth-order valence-corrected chi connectivity index (χ4v) is 1.91. The highest BCUT2D eigenvalue weighted by molar-refractivity contribution is 6.33. The van der Waals surface area contributed by atoms with Crippen molar-refractivity contribution in [3.8, 4) is 11.8 Å². The van der Waals surface area contributed by atoms with Gasteiger partial charge in [0.25, 0.3) is 0 Å². The predicted molar refractivity (Wildman–Crippen MR) is 77.1 cm³/mol. The average Bonchev–Trinajstić information content (AvgIpc) is 2.43. The molecule has 0 radical (unpaired) electrons. The third-order valence-corrected chi connectivity index (χ3v) is 2.87. The van der Waals surface area contributed by atoms with Gasteiger partial charge < -0.3 is 10.1 Å². The van der Waals surface area contributed by atoms with Gasteiger partial charge in [0.15, 0.2) is 0 Å². The molecule has 0 aliphatic rings. The first-order valence-electron chi connectivity index (χ1n) is 5.93. The molecule has 0 aliphatic heterocycles. The molecule has 0 amide bonds. The van der Waals surface area contributed by atoms with Gasteiger partial charge >= 0.3 is 0 Å². The molecule has 4 heteroatoms. The minimum absolute atomic E-state index is 0.505. The van der Waals surface area contributed by atoms with Crippen molar-refractivity contribution in [3.63, 3.8) is 0 Å². The van der Waals surface area contributed by atoms with E-state index in [9.17, 15) is 0 Å². The fourth-order valence-electron chi connectivity index (χ4n) is 1.68. The van der Waals surface area contributed by atoms with E-state index in [-0.39, 0.29) is 0 Å². The number of hydrogen-bond donors (Lipinski definition) is 1. The highest BCUT2D eigenvalue weighted by Crippen LogP contribution is 2.31. The second kappa shape index (κ2) is 6.12. The zero-order chi connectivity index (χ0) is 13.7. The first-order chi connectivity index (χ1) is 9.24. The molecule has 0 bridgehead atoms. The van der Waals surface area contributed by atoms with Crippen molar-refractivity contribution >= 4 is 23.0 Å². The van der Waals surface area contributed by atoms with Gasteiger partial charge in [0, 0.05) is 0 Å². The van der Waals surface area contributed by atoms with Gasteiger partial charge in [-0.3, -0.25) is 0 Å². The zero-order valence-corrected chi connectivity index (χ0v) is 11.2. The summed E-state index contributed by atoms with van der Waals surface area (Å²) in [7, 11) is 0. The molecule has 0 aromatic heterocycles. The zero-order valence-electron chi connectivity index (χ0n) is 10.5. The number of benzene rings is 2. The fraction of sp³-hybridized carbons (Fsp3) is 0.133. The molecule has 2 rings (SSSR count). The van der Waals surface area contributed by atoms with Gasteiger partial charge in [-0.25, -0.2) is 0 Å². The smallest absolute Gasteiger partial charge is 0.142 e. The third kappa shape index (κ3) is 3.18. The molecule has 0 unspecified atom stereocenters. The van der Waals surface area contributed by atoms with Crippen LogP contribution in [0.15, 0.2) is 42.5 Å². The molecule has 0 aliphatic carbocycles. The maximum atomic E-state index is 8.81. The second-order valence-electron chi connectivity index (χ2n) is 3.86. The minimum Gasteiger partial charge on any atom is -0.492 e. The Balaban J connectivity index is 2.29. The summed E-state index contributed by atoms with van der Waals surface area (Å²) >= 11 is 6.13. The largest absolute Gasteiger partial charge is 0.492 e. The van der Waals surface area contributed by atoms with E-state index in [1.54, 1.807) is 18.2 Å². The van der Waals surface area contributed by atoms with E-state index in [0.717, 1.165) is 17.1 Å². The number of nitrogens with zero attached hydrogens (tertiary/aromatic N) is 1. The van der Waals surface area contributed by atoms with E-state index in [0.29, 0.717) is 17.2 Å². The van der Waals surface area contributed by atoms with Gasteiger partial charge in [0.05, 0.1) is 34.6 Å². The summed E-state index contributed by atoms with van der Waals surface area (Å²) in [4.78, 5) is 0. The van der Waals surface area contributed by atoms with E-state index < -0.39 is 0 Å². The molecule has 0 spiro atoms. The maximum absolute atomic E-state index is 8.81. The highest BCUT2D eigenvalue weighted by Gasteiger charge is 2.06. The standard InChI is InChI=1S/C15H13ClN2O/c1-2-19-15-6-4-3-5-14(15)18-13-8-7-11(10-17)9-12(13)16/h3-9,18H,2H2,1H3. The number of para-hydroxylation sites is 2. The molecule has 0 atom stereocenters. The van der Waals surface area contributed by atoms with Crippen LogP contribution < -0.4 is 10.1 Å². The van der Waals surface area contributed by atoms with Crippen LogP contribution in [0.2, 0.25) is 5.02 Å². The molecule has 2 aromatic rings. The van der Waals surface area contributed by atoms with Crippen molar-refractivity contribution < 1.29 is 4.74 Å². The Morgan fingerprint density at radius 3 is 2.68 bits per heavy atom. The van der Waals surface area contributed by atoms with Crippen molar-refractivity contribution in [3.05, 3.63) is 53.1 Å². The number of hydrogen-bond acceptors (Lipinski definition) is 3. The first-order valence-corrected chi connectivity index (χ1v) is 6.31. The van der Waals surface area contributed by atoms with Gasteiger partial charge in [-0.05, 0) is 37.3 Å². The number of rotatable bonds is 4. The molecule has 0 heterocycles. The number of nitrogens with one attached hydrogen (secondary N) is 1. The van der Waals surface area contributed by atoms with Gasteiger partial charge in [-0.15, -0.1) is 0 Å². The van der Waals surface area contributed by atoms with Crippen LogP contribution in [0.4, 0.5) is 11.4 Å². The quantitative estimate of drug-likeness (QED) is 0.900. The Morgan fingerprint density at radius 2 is 2.00 bits per heavy atom. The van der Waals surface area contributed by atoms with Crippen LogP contribution in [0, 0.1) is 11.3 Å². The Hall–Kier alpha value is -2.18. The molecule has 19 heavy (non-hydrogen) atoms. The Labute approximate surface area is 117 Å². The van der Waals surface area contributed by atoms with E-state index in [1.165, 1.54) is 0 Å². The number of anilines is 2. The SMILES string of the molecule is CCOc1ccccc1Nc1ccc(C#N)cc1Cl. The van der Waals surface area contributed by atoms with Crippen LogP contribution in [-0.2, 0) is 0 Å². The number of ether oxygens (including phenoxy) is 1. The lowest BCUT2D eigenvalue weighted by Gasteiger charge is -2.13. The van der Waals surface area contributed by atoms with E-state index in [4.69, 9.17) is 21.6 Å². The van der Waals surface area contributed by atoms with E-state index >= 15 is 0 Å². The maximum Gasteiger partial charge on any atom is 0.142 e. The Kier molecular flexibility index (Phi) is 4.27. The van der Waals surface area contributed by atoms with Crippen molar-refractivity contribution in [1.29, 1.82) is 5.26 Å². The molecule has 3 nitrogen and oxygen atoms in total. The second-order valence-corrected chi connectivity index (χ2v) is 4.27. The van der Waals surface area contributed by atoms with Gasteiger partial charge in [-0.2, -0.15) is 5.26 Å². The molecule has 0 fully saturated rings. The van der Waals surface area contributed by atoms with Crippen LogP contribution in [0.1, 0.15) is 12.5 Å². The normalized spacial score (nSPS) is 9.74. The molecular formula is C15H13ClN2O. The first kappa shape index (κ1) is 13.3.